The summed E-state index contributed by atoms with van der Waals surface area (Å²) in [5.74, 6) is 11.3. The molecule has 0 saturated heterocycles. The highest BCUT2D eigenvalue weighted by molar-refractivity contribution is 5.70. The van der Waals surface area contributed by atoms with Gasteiger partial charge in [0.15, 0.2) is 0 Å². The largest absolute Gasteiger partial charge is 0.462 e. The normalized spacial score (nSPS) is 37.2. The molecule has 0 spiro atoms. The van der Waals surface area contributed by atoms with Crippen LogP contribution in [0.2, 0.25) is 0 Å². The van der Waals surface area contributed by atoms with Crippen LogP contribution in [0.25, 0.3) is 0 Å². The van der Waals surface area contributed by atoms with Crippen LogP contribution < -0.4 is 0 Å². The Hall–Kier alpha value is -1.58. The van der Waals surface area contributed by atoms with Crippen molar-refractivity contribution < 1.29 is 19.1 Å². The average Bonchev–Trinajstić information content (AvgIpc) is 4.13. The second kappa shape index (κ2) is 28.3. The molecule has 0 aliphatic heterocycles. The zero-order valence-electron chi connectivity index (χ0n) is 53.3. The lowest BCUT2D eigenvalue weighted by Crippen LogP contribution is -2.51. The van der Waals surface area contributed by atoms with Crippen LogP contribution in [-0.4, -0.2) is 24.1 Å². The molecule has 1 unspecified atom stereocenters. The molecule has 78 heavy (non-hydrogen) atoms. The van der Waals surface area contributed by atoms with E-state index in [0.717, 1.165) is 128 Å². The van der Waals surface area contributed by atoms with Gasteiger partial charge in [0, 0.05) is 25.7 Å². The molecule has 6 fully saturated rings. The highest BCUT2D eigenvalue weighted by Crippen LogP contribution is 2.69. The molecule has 4 nitrogen and oxygen atoms in total. The number of hydrogen-bond donors (Lipinski definition) is 0. The monoisotopic (exact) mass is 1080 g/mol. The number of fused-ring (bicyclic) bond motifs is 10. The molecule has 8 aliphatic carbocycles. The standard InChI is InChI=1S/C74H126O4/c1-12-56(31-21-18-19-23-33-70(76)78-60-43-47-72(9)58(51-60)35-37-62-66-41-39-64(55(7)29-25-27-53(4)5)74(66,11)49-45-68(62)72)30-20-16-14-13-15-17-22-32-69(75)77-59-42-46-71(8)57(50-59)34-36-61-65-40-38-63(54(6)28-24-26-52(2)3)73(65,10)48-44-67(61)71/h34-35,52-56,59-68H,12-33,36-51H2,1-11H3/t54-,55-,56?,59+,60+,61+,62+,63-,64-,65+,66+,67+,68+,71+,72+,73-,74-/m1/s1. The van der Waals surface area contributed by atoms with E-state index in [2.05, 4.69) is 88.3 Å². The zero-order valence-corrected chi connectivity index (χ0v) is 53.3. The number of rotatable bonds is 30. The van der Waals surface area contributed by atoms with Crippen LogP contribution >= 0.6 is 0 Å². The van der Waals surface area contributed by atoms with Gasteiger partial charge < -0.3 is 9.47 Å². The Balaban J connectivity index is 0.626. The molecule has 0 heterocycles. The quantitative estimate of drug-likeness (QED) is 0.0409. The zero-order chi connectivity index (χ0) is 55.7. The molecular formula is C74H126O4. The predicted octanol–water partition coefficient (Wildman–Crippen LogP) is 21.8. The lowest BCUT2D eigenvalue weighted by Gasteiger charge is -2.58. The minimum atomic E-state index is 0.0523. The summed E-state index contributed by atoms with van der Waals surface area (Å²) in [7, 11) is 0. The van der Waals surface area contributed by atoms with Gasteiger partial charge in [-0.05, 0) is 201 Å². The minimum Gasteiger partial charge on any atom is -0.462 e. The van der Waals surface area contributed by atoms with E-state index in [4.69, 9.17) is 9.47 Å². The highest BCUT2D eigenvalue weighted by Gasteiger charge is 2.61. The number of carbonyl (C=O) groups excluding carboxylic acids is 2. The van der Waals surface area contributed by atoms with Crippen molar-refractivity contribution in [3.8, 4) is 0 Å². The SMILES string of the molecule is CCC(CCCCCCCCCC(=O)O[C@H]1CC[C@@]2(C)C(=CC[C@H]3[C@@H]4CC[C@H]([C@H](C)CCCC(C)C)[C@@]4(C)CC[C@@H]32)C1)CCCCCCC(=O)O[C@H]1CC[C@@]2(C)C(=CC[C@H]3[C@@H]4CC[C@H]([C@H](C)CCCC(C)C)[C@@]4(C)CC[C@@H]32)C1. The van der Waals surface area contributed by atoms with Gasteiger partial charge in [0.05, 0.1) is 0 Å². The summed E-state index contributed by atoms with van der Waals surface area (Å²) >= 11 is 0. The van der Waals surface area contributed by atoms with Crippen LogP contribution in [0.5, 0.6) is 0 Å². The van der Waals surface area contributed by atoms with Crippen molar-refractivity contribution in [2.75, 3.05) is 0 Å². The molecule has 8 rings (SSSR count). The van der Waals surface area contributed by atoms with Crippen molar-refractivity contribution in [1.82, 2.24) is 0 Å². The smallest absolute Gasteiger partial charge is 0.306 e. The first-order valence-corrected chi connectivity index (χ1v) is 35.2. The predicted molar refractivity (Wildman–Crippen MR) is 329 cm³/mol. The van der Waals surface area contributed by atoms with Gasteiger partial charge in [-0.25, -0.2) is 0 Å². The van der Waals surface area contributed by atoms with Crippen LogP contribution in [0, 0.1) is 98.6 Å². The number of esters is 2. The molecule has 17 atom stereocenters. The van der Waals surface area contributed by atoms with Crippen LogP contribution in [0.3, 0.4) is 0 Å². The van der Waals surface area contributed by atoms with Crippen molar-refractivity contribution in [1.29, 1.82) is 0 Å². The number of hydrogen-bond acceptors (Lipinski definition) is 4. The number of carbonyl (C=O) groups is 2. The van der Waals surface area contributed by atoms with Crippen molar-refractivity contribution in [3.63, 3.8) is 0 Å². The summed E-state index contributed by atoms with van der Waals surface area (Å²) < 4.78 is 12.5. The number of unbranched alkanes of at least 4 members (excludes halogenated alkanes) is 9. The van der Waals surface area contributed by atoms with Gasteiger partial charge >= 0.3 is 11.9 Å². The summed E-state index contributed by atoms with van der Waals surface area (Å²) in [5.41, 5.74) is 4.98. The molecule has 6 saturated carbocycles. The van der Waals surface area contributed by atoms with Gasteiger partial charge in [0.25, 0.3) is 0 Å². The lowest BCUT2D eigenvalue weighted by molar-refractivity contribution is -0.152. The van der Waals surface area contributed by atoms with Crippen LogP contribution in [0.4, 0.5) is 0 Å². The maximum Gasteiger partial charge on any atom is 0.306 e. The van der Waals surface area contributed by atoms with Crippen LogP contribution in [0.1, 0.15) is 320 Å². The van der Waals surface area contributed by atoms with E-state index in [1.54, 1.807) is 11.1 Å². The van der Waals surface area contributed by atoms with Crippen molar-refractivity contribution >= 4 is 11.9 Å². The molecule has 446 valence electrons. The third kappa shape index (κ3) is 14.7. The molecule has 0 aromatic heterocycles. The Bertz CT molecular complexity index is 1940. The van der Waals surface area contributed by atoms with Gasteiger partial charge in [-0.1, -0.05) is 215 Å². The third-order valence-electron chi connectivity index (χ3n) is 25.9. The van der Waals surface area contributed by atoms with Crippen LogP contribution in [-0.2, 0) is 19.1 Å². The number of allylic oxidation sites excluding steroid dienone is 2. The van der Waals surface area contributed by atoms with Gasteiger partial charge in [0.2, 0.25) is 0 Å². The minimum absolute atomic E-state index is 0.0523. The second-order valence-electron chi connectivity index (χ2n) is 31.5. The topological polar surface area (TPSA) is 52.6 Å². The van der Waals surface area contributed by atoms with Gasteiger partial charge in [-0.3, -0.25) is 9.59 Å². The Labute approximate surface area is 483 Å². The first-order valence-electron chi connectivity index (χ1n) is 35.2. The molecule has 0 bridgehead atoms. The summed E-state index contributed by atoms with van der Waals surface area (Å²) in [5, 5.41) is 0. The van der Waals surface area contributed by atoms with E-state index in [0.29, 0.717) is 34.5 Å². The Morgan fingerprint density at radius 1 is 0.462 bits per heavy atom. The highest BCUT2D eigenvalue weighted by atomic mass is 16.5. The van der Waals surface area contributed by atoms with E-state index in [9.17, 15) is 9.59 Å². The number of ether oxygens (including phenoxy) is 2. The van der Waals surface area contributed by atoms with Gasteiger partial charge in [-0.15, -0.1) is 0 Å². The fourth-order valence-electron chi connectivity index (χ4n) is 21.2. The van der Waals surface area contributed by atoms with Gasteiger partial charge in [0.1, 0.15) is 12.2 Å². The van der Waals surface area contributed by atoms with E-state index in [-0.39, 0.29) is 24.1 Å². The van der Waals surface area contributed by atoms with Crippen molar-refractivity contribution in [2.24, 2.45) is 98.6 Å². The summed E-state index contributed by atoms with van der Waals surface area (Å²) in [6.07, 6.45) is 53.0. The van der Waals surface area contributed by atoms with Crippen LogP contribution in [0.15, 0.2) is 23.3 Å². The molecule has 0 radical (unpaired) electrons. The summed E-state index contributed by atoms with van der Waals surface area (Å²) in [4.78, 5) is 26.2. The Morgan fingerprint density at radius 3 is 1.26 bits per heavy atom. The summed E-state index contributed by atoms with van der Waals surface area (Å²) in [6.45, 7) is 27.7. The molecule has 0 amide bonds. The second-order valence-corrected chi connectivity index (χ2v) is 31.5. The average molecular weight is 1080 g/mol. The van der Waals surface area contributed by atoms with E-state index in [1.807, 2.05) is 0 Å². The lowest BCUT2D eigenvalue weighted by atomic mass is 9.47. The molecule has 0 aromatic rings. The summed E-state index contributed by atoms with van der Waals surface area (Å²) in [6, 6.07) is 0. The van der Waals surface area contributed by atoms with E-state index >= 15 is 0 Å². The van der Waals surface area contributed by atoms with E-state index < -0.39 is 0 Å². The van der Waals surface area contributed by atoms with Crippen molar-refractivity contribution in [2.45, 2.75) is 332 Å². The third-order valence-corrected chi connectivity index (χ3v) is 25.9. The molecule has 0 aromatic carbocycles. The molecule has 8 aliphatic rings. The van der Waals surface area contributed by atoms with E-state index in [1.165, 1.54) is 180 Å². The van der Waals surface area contributed by atoms with Crippen molar-refractivity contribution in [3.05, 3.63) is 23.3 Å². The molecule has 0 N–H and O–H groups in total. The van der Waals surface area contributed by atoms with Gasteiger partial charge in [-0.2, -0.15) is 0 Å². The maximum absolute atomic E-state index is 13.1. The molecule has 4 heteroatoms. The maximum atomic E-state index is 13.1. The Kier molecular flexibility index (Phi) is 22.7. The molecular weight excluding hydrogens is 953 g/mol. The first-order chi connectivity index (χ1) is 37.4. The fourth-order valence-corrected chi connectivity index (χ4v) is 21.2. The first kappa shape index (κ1) is 62.5. The Morgan fingerprint density at radius 2 is 0.859 bits per heavy atom. The fraction of sp³-hybridized carbons (Fsp3) is 0.919.